The van der Waals surface area contributed by atoms with E-state index in [1.807, 2.05) is 39.0 Å². The van der Waals surface area contributed by atoms with Gasteiger partial charge in [-0.3, -0.25) is 0 Å². The van der Waals surface area contributed by atoms with E-state index in [-0.39, 0.29) is 0 Å². The highest BCUT2D eigenvalue weighted by molar-refractivity contribution is 5.21. The lowest BCUT2D eigenvalue weighted by molar-refractivity contribution is 0.228. The SMILES string of the molecule is C=C/C=C\C(=C/C)COC.CC.CCC.CCC. The maximum absolute atomic E-state index is 4.94. The Labute approximate surface area is 117 Å². The first-order chi connectivity index (χ1) is 8.67. The van der Waals surface area contributed by atoms with Crippen LogP contribution in [0, 0.1) is 0 Å². The second-order valence-corrected chi connectivity index (χ2v) is 3.31. The molecule has 1 nitrogen and oxygen atoms in total. The molecule has 0 bridgehead atoms. The minimum absolute atomic E-state index is 0.668. The molecule has 18 heavy (non-hydrogen) atoms. The van der Waals surface area contributed by atoms with Crippen molar-refractivity contribution < 1.29 is 4.74 Å². The predicted octanol–water partition coefficient (Wildman–Crippen LogP) is 6.18. The summed E-state index contributed by atoms with van der Waals surface area (Å²) in [6.45, 7) is 18.7. The molecule has 0 unspecified atom stereocenters. The maximum Gasteiger partial charge on any atom is 0.0709 e. The third-order valence-corrected chi connectivity index (χ3v) is 1.13. The molecule has 0 fully saturated rings. The zero-order valence-electron chi connectivity index (χ0n) is 14.0. The second-order valence-electron chi connectivity index (χ2n) is 3.31. The van der Waals surface area contributed by atoms with Crippen molar-refractivity contribution in [1.82, 2.24) is 0 Å². The van der Waals surface area contributed by atoms with Crippen LogP contribution in [0.4, 0.5) is 0 Å². The zero-order chi connectivity index (χ0) is 15.2. The Morgan fingerprint density at radius 1 is 1.06 bits per heavy atom. The highest BCUT2D eigenvalue weighted by atomic mass is 16.5. The van der Waals surface area contributed by atoms with Crippen molar-refractivity contribution in [2.24, 2.45) is 0 Å². The Balaban J connectivity index is -0.000000102. The average Bonchev–Trinajstić information content (AvgIpc) is 2.39. The van der Waals surface area contributed by atoms with Crippen LogP contribution in [-0.2, 0) is 4.74 Å². The second kappa shape index (κ2) is 36.0. The minimum Gasteiger partial charge on any atom is -0.380 e. The maximum atomic E-state index is 4.94. The van der Waals surface area contributed by atoms with E-state index in [0.717, 1.165) is 0 Å². The first-order valence-corrected chi connectivity index (χ1v) is 7.11. The summed E-state index contributed by atoms with van der Waals surface area (Å²) in [5.74, 6) is 0. The fourth-order valence-electron chi connectivity index (χ4n) is 0.586. The van der Waals surface area contributed by atoms with Crippen LogP contribution in [0.2, 0.25) is 0 Å². The summed E-state index contributed by atoms with van der Waals surface area (Å²) in [6.07, 6.45) is 10.1. The summed E-state index contributed by atoms with van der Waals surface area (Å²) in [4.78, 5) is 0. The normalized spacial score (nSPS) is 9.22. The highest BCUT2D eigenvalue weighted by Crippen LogP contribution is 1.96. The third kappa shape index (κ3) is 45.6. The van der Waals surface area contributed by atoms with Gasteiger partial charge in [0.15, 0.2) is 0 Å². The molecule has 0 radical (unpaired) electrons. The third-order valence-electron chi connectivity index (χ3n) is 1.13. The molecule has 0 amide bonds. The van der Waals surface area contributed by atoms with Crippen molar-refractivity contribution in [3.63, 3.8) is 0 Å². The summed E-state index contributed by atoms with van der Waals surface area (Å²) in [5, 5.41) is 0. The van der Waals surface area contributed by atoms with E-state index in [0.29, 0.717) is 6.61 Å². The summed E-state index contributed by atoms with van der Waals surface area (Å²) < 4.78 is 4.94. The van der Waals surface area contributed by atoms with Crippen molar-refractivity contribution in [1.29, 1.82) is 0 Å². The van der Waals surface area contributed by atoms with Crippen molar-refractivity contribution >= 4 is 0 Å². The molecule has 0 saturated carbocycles. The van der Waals surface area contributed by atoms with Crippen LogP contribution >= 0.6 is 0 Å². The van der Waals surface area contributed by atoms with Crippen molar-refractivity contribution in [2.75, 3.05) is 13.7 Å². The summed E-state index contributed by atoms with van der Waals surface area (Å²) in [7, 11) is 1.69. The molecular weight excluding hydrogens is 220 g/mol. The molecule has 0 saturated heterocycles. The van der Waals surface area contributed by atoms with E-state index in [1.54, 1.807) is 13.2 Å². The van der Waals surface area contributed by atoms with Gasteiger partial charge < -0.3 is 4.74 Å². The van der Waals surface area contributed by atoms with Gasteiger partial charge in [-0.2, -0.15) is 0 Å². The smallest absolute Gasteiger partial charge is 0.0709 e. The number of rotatable bonds is 4. The minimum atomic E-state index is 0.668. The fourth-order valence-corrected chi connectivity index (χ4v) is 0.586. The zero-order valence-corrected chi connectivity index (χ0v) is 14.0. The molecule has 0 N–H and O–H groups in total. The Kier molecular flexibility index (Phi) is 51.7. The topological polar surface area (TPSA) is 9.23 Å². The molecule has 1 heteroatoms. The number of hydrogen-bond donors (Lipinski definition) is 0. The van der Waals surface area contributed by atoms with Crippen LogP contribution in [0.25, 0.3) is 0 Å². The van der Waals surface area contributed by atoms with E-state index < -0.39 is 0 Å². The summed E-state index contributed by atoms with van der Waals surface area (Å²) in [6, 6.07) is 0. The molecule has 0 rings (SSSR count). The number of ether oxygens (including phenoxy) is 1. The van der Waals surface area contributed by atoms with Gasteiger partial charge in [0.05, 0.1) is 6.61 Å². The molecule has 0 atom stereocenters. The molecule has 0 aliphatic carbocycles. The van der Waals surface area contributed by atoms with Crippen LogP contribution in [0.5, 0.6) is 0 Å². The summed E-state index contributed by atoms with van der Waals surface area (Å²) in [5.41, 5.74) is 1.17. The van der Waals surface area contributed by atoms with Crippen LogP contribution in [0.15, 0.2) is 36.5 Å². The number of allylic oxidation sites excluding steroid dienone is 3. The Morgan fingerprint density at radius 3 is 1.67 bits per heavy atom. The van der Waals surface area contributed by atoms with E-state index in [4.69, 9.17) is 4.74 Å². The van der Waals surface area contributed by atoms with Gasteiger partial charge in [-0.05, 0) is 12.5 Å². The molecular formula is C17H36O. The van der Waals surface area contributed by atoms with E-state index >= 15 is 0 Å². The van der Waals surface area contributed by atoms with Crippen molar-refractivity contribution in [2.45, 2.75) is 61.3 Å². The van der Waals surface area contributed by atoms with Gasteiger partial charge in [-0.15, -0.1) is 0 Å². The monoisotopic (exact) mass is 256 g/mol. The molecule has 0 aliphatic rings. The Hall–Kier alpha value is -0.820. The van der Waals surface area contributed by atoms with Crippen LogP contribution in [0.3, 0.4) is 0 Å². The quantitative estimate of drug-likeness (QED) is 0.546. The number of hydrogen-bond acceptors (Lipinski definition) is 1. The first kappa shape index (κ1) is 25.9. The number of methoxy groups -OCH3 is 1. The van der Waals surface area contributed by atoms with Gasteiger partial charge in [0.25, 0.3) is 0 Å². The molecule has 0 aromatic heterocycles. The Morgan fingerprint density at radius 2 is 1.44 bits per heavy atom. The van der Waals surface area contributed by atoms with E-state index in [9.17, 15) is 0 Å². The van der Waals surface area contributed by atoms with Crippen LogP contribution in [0.1, 0.15) is 61.3 Å². The van der Waals surface area contributed by atoms with Gasteiger partial charge in [-0.1, -0.05) is 85.3 Å². The Bertz CT molecular complexity index is 164. The van der Waals surface area contributed by atoms with Gasteiger partial charge >= 0.3 is 0 Å². The first-order valence-electron chi connectivity index (χ1n) is 7.11. The van der Waals surface area contributed by atoms with E-state index in [2.05, 4.69) is 34.3 Å². The lowest BCUT2D eigenvalue weighted by atomic mass is 10.2. The van der Waals surface area contributed by atoms with Gasteiger partial charge in [0.1, 0.15) is 0 Å². The fraction of sp³-hybridized carbons (Fsp3) is 0.647. The summed E-state index contributed by atoms with van der Waals surface area (Å²) >= 11 is 0. The molecule has 0 aromatic rings. The van der Waals surface area contributed by atoms with Crippen molar-refractivity contribution in [3.05, 3.63) is 36.5 Å². The van der Waals surface area contributed by atoms with Gasteiger partial charge in [0.2, 0.25) is 0 Å². The lowest BCUT2D eigenvalue weighted by Crippen LogP contribution is -1.89. The van der Waals surface area contributed by atoms with Crippen LogP contribution in [-0.4, -0.2) is 13.7 Å². The molecule has 0 heterocycles. The van der Waals surface area contributed by atoms with Gasteiger partial charge in [-0.25, -0.2) is 0 Å². The van der Waals surface area contributed by atoms with Gasteiger partial charge in [0, 0.05) is 7.11 Å². The predicted molar refractivity (Wildman–Crippen MR) is 88.2 cm³/mol. The standard InChI is InChI=1S/C9H14O.2C3H8.C2H6/c1-4-6-7-9(5-2)8-10-3;2*1-3-2;1-2/h4-7H,1,8H2,2-3H3;2*3H2,1-2H3;1-2H3/b7-6-,9-5+;;;. The molecule has 110 valence electrons. The average molecular weight is 256 g/mol. The lowest BCUT2D eigenvalue weighted by Gasteiger charge is -1.96. The van der Waals surface area contributed by atoms with Crippen molar-refractivity contribution in [3.8, 4) is 0 Å². The highest BCUT2D eigenvalue weighted by Gasteiger charge is 1.85. The molecule has 0 aromatic carbocycles. The van der Waals surface area contributed by atoms with Crippen LogP contribution < -0.4 is 0 Å². The van der Waals surface area contributed by atoms with E-state index in [1.165, 1.54) is 18.4 Å². The molecule has 0 spiro atoms. The largest absolute Gasteiger partial charge is 0.380 e. The molecule has 0 aliphatic heterocycles.